The molecule has 2 rings (SSSR count). The number of nitro benzene ring substituents is 1. The lowest BCUT2D eigenvalue weighted by Crippen LogP contribution is -2.40. The SMILES string of the molecule is CC(NC(=O)OC(C)(C)C)Oc1ccc([N+](=O)[O-])c2ccccc12. The first-order valence-electron chi connectivity index (χ1n) is 7.50. The van der Waals surface area contributed by atoms with E-state index in [1.165, 1.54) is 12.1 Å². The molecule has 7 heteroatoms. The van der Waals surface area contributed by atoms with Crippen molar-refractivity contribution in [1.82, 2.24) is 5.32 Å². The van der Waals surface area contributed by atoms with Gasteiger partial charge >= 0.3 is 6.09 Å². The number of ether oxygens (including phenoxy) is 2. The highest BCUT2D eigenvalue weighted by atomic mass is 16.6. The van der Waals surface area contributed by atoms with E-state index in [1.807, 2.05) is 0 Å². The lowest BCUT2D eigenvalue weighted by molar-refractivity contribution is -0.383. The maximum atomic E-state index is 11.8. The van der Waals surface area contributed by atoms with Crippen LogP contribution in [-0.2, 0) is 4.74 Å². The number of hydrogen-bond acceptors (Lipinski definition) is 5. The van der Waals surface area contributed by atoms with Crippen molar-refractivity contribution in [3.63, 3.8) is 0 Å². The standard InChI is InChI=1S/C17H20N2O5/c1-11(18-16(20)24-17(2,3)4)23-15-10-9-14(19(21)22)12-7-5-6-8-13(12)15/h5-11H,1-4H3,(H,18,20). The van der Waals surface area contributed by atoms with E-state index in [0.29, 0.717) is 16.5 Å². The fourth-order valence-corrected chi connectivity index (χ4v) is 2.21. The number of rotatable bonds is 4. The van der Waals surface area contributed by atoms with E-state index in [2.05, 4.69) is 5.32 Å². The average Bonchev–Trinajstić information content (AvgIpc) is 2.44. The maximum absolute atomic E-state index is 11.8. The molecule has 0 bridgehead atoms. The number of hydrogen-bond donors (Lipinski definition) is 1. The Morgan fingerprint density at radius 2 is 1.79 bits per heavy atom. The van der Waals surface area contributed by atoms with Gasteiger partial charge < -0.3 is 9.47 Å². The number of alkyl carbamates (subject to hydrolysis) is 1. The number of nitro groups is 1. The molecule has 1 N–H and O–H groups in total. The molecule has 0 radical (unpaired) electrons. The number of nitrogens with one attached hydrogen (secondary N) is 1. The lowest BCUT2D eigenvalue weighted by atomic mass is 10.1. The highest BCUT2D eigenvalue weighted by Gasteiger charge is 2.20. The molecule has 0 saturated carbocycles. The minimum atomic E-state index is -0.662. The van der Waals surface area contributed by atoms with E-state index < -0.39 is 22.8 Å². The quantitative estimate of drug-likeness (QED) is 0.519. The molecule has 0 aliphatic rings. The van der Waals surface area contributed by atoms with Gasteiger partial charge in [-0.15, -0.1) is 0 Å². The summed E-state index contributed by atoms with van der Waals surface area (Å²) in [6.07, 6.45) is -1.26. The Balaban J connectivity index is 2.20. The minimum absolute atomic E-state index is 0.00528. The summed E-state index contributed by atoms with van der Waals surface area (Å²) in [5.41, 5.74) is -0.602. The molecule has 128 valence electrons. The molecule has 0 aromatic heterocycles. The van der Waals surface area contributed by atoms with Gasteiger partial charge in [0.2, 0.25) is 0 Å². The van der Waals surface area contributed by atoms with Crippen molar-refractivity contribution >= 4 is 22.6 Å². The summed E-state index contributed by atoms with van der Waals surface area (Å²) in [6, 6.07) is 9.79. The van der Waals surface area contributed by atoms with Gasteiger partial charge in [-0.1, -0.05) is 18.2 Å². The van der Waals surface area contributed by atoms with Gasteiger partial charge in [-0.25, -0.2) is 4.79 Å². The van der Waals surface area contributed by atoms with Gasteiger partial charge in [0.05, 0.1) is 10.3 Å². The van der Waals surface area contributed by atoms with Crippen LogP contribution in [0, 0.1) is 10.1 Å². The summed E-state index contributed by atoms with van der Waals surface area (Å²) in [4.78, 5) is 22.4. The highest BCUT2D eigenvalue weighted by molar-refractivity contribution is 5.95. The molecule has 2 aromatic carbocycles. The predicted molar refractivity (Wildman–Crippen MR) is 90.1 cm³/mol. The third-order valence-corrected chi connectivity index (χ3v) is 3.08. The zero-order valence-electron chi connectivity index (χ0n) is 14.0. The Labute approximate surface area is 139 Å². The van der Waals surface area contributed by atoms with Crippen molar-refractivity contribution in [3.05, 3.63) is 46.5 Å². The van der Waals surface area contributed by atoms with Crippen LogP contribution in [0.3, 0.4) is 0 Å². The van der Waals surface area contributed by atoms with Crippen LogP contribution in [0.2, 0.25) is 0 Å². The first-order valence-corrected chi connectivity index (χ1v) is 7.50. The zero-order valence-corrected chi connectivity index (χ0v) is 14.0. The van der Waals surface area contributed by atoms with Crippen LogP contribution >= 0.6 is 0 Å². The Morgan fingerprint density at radius 1 is 1.17 bits per heavy atom. The van der Waals surface area contributed by atoms with E-state index >= 15 is 0 Å². The molecule has 1 amide bonds. The number of amides is 1. The van der Waals surface area contributed by atoms with Crippen LogP contribution in [0.25, 0.3) is 10.8 Å². The monoisotopic (exact) mass is 332 g/mol. The number of carbonyl (C=O) groups excluding carboxylic acids is 1. The van der Waals surface area contributed by atoms with Crippen molar-refractivity contribution in [2.24, 2.45) is 0 Å². The Kier molecular flexibility index (Phi) is 4.92. The largest absolute Gasteiger partial charge is 0.470 e. The second-order valence-electron chi connectivity index (χ2n) is 6.29. The molecule has 0 heterocycles. The van der Waals surface area contributed by atoms with Crippen molar-refractivity contribution in [1.29, 1.82) is 0 Å². The van der Waals surface area contributed by atoms with E-state index in [0.717, 1.165) is 0 Å². The van der Waals surface area contributed by atoms with Gasteiger partial charge in [-0.2, -0.15) is 0 Å². The molecular formula is C17H20N2O5. The van der Waals surface area contributed by atoms with Crippen molar-refractivity contribution in [2.75, 3.05) is 0 Å². The molecule has 0 saturated heterocycles. The van der Waals surface area contributed by atoms with Gasteiger partial charge in [-0.3, -0.25) is 15.4 Å². The first-order chi connectivity index (χ1) is 11.2. The second kappa shape index (κ2) is 6.74. The lowest BCUT2D eigenvalue weighted by Gasteiger charge is -2.22. The fourth-order valence-electron chi connectivity index (χ4n) is 2.21. The summed E-state index contributed by atoms with van der Waals surface area (Å²) in [5, 5.41) is 14.8. The van der Waals surface area contributed by atoms with E-state index in [-0.39, 0.29) is 5.69 Å². The molecule has 1 unspecified atom stereocenters. The zero-order chi connectivity index (χ0) is 17.9. The summed E-state index contributed by atoms with van der Waals surface area (Å²) >= 11 is 0. The molecule has 1 atom stereocenters. The number of fused-ring (bicyclic) bond motifs is 1. The number of nitrogens with zero attached hydrogens (tertiary/aromatic N) is 1. The minimum Gasteiger partial charge on any atom is -0.470 e. The van der Waals surface area contributed by atoms with Crippen molar-refractivity contribution in [2.45, 2.75) is 39.5 Å². The molecule has 0 fully saturated rings. The molecule has 24 heavy (non-hydrogen) atoms. The van der Waals surface area contributed by atoms with Crippen LogP contribution in [0.5, 0.6) is 5.75 Å². The Bertz CT molecular complexity index is 767. The summed E-state index contributed by atoms with van der Waals surface area (Å²) in [5.74, 6) is 0.444. The van der Waals surface area contributed by atoms with Crippen LogP contribution in [-0.4, -0.2) is 22.8 Å². The van der Waals surface area contributed by atoms with Crippen molar-refractivity contribution < 1.29 is 19.2 Å². The van der Waals surface area contributed by atoms with Gasteiger partial charge in [0.1, 0.15) is 11.4 Å². The smallest absolute Gasteiger partial charge is 0.410 e. The van der Waals surface area contributed by atoms with Crippen molar-refractivity contribution in [3.8, 4) is 5.75 Å². The van der Waals surface area contributed by atoms with Gasteiger partial charge in [0, 0.05) is 11.5 Å². The van der Waals surface area contributed by atoms with Crippen LogP contribution in [0.4, 0.5) is 10.5 Å². The first kappa shape index (κ1) is 17.5. The predicted octanol–water partition coefficient (Wildman–Crippen LogP) is 4.00. The van der Waals surface area contributed by atoms with Gasteiger partial charge in [0.25, 0.3) is 5.69 Å². The highest BCUT2D eigenvalue weighted by Crippen LogP contribution is 2.33. The van der Waals surface area contributed by atoms with Gasteiger partial charge in [-0.05, 0) is 39.8 Å². The second-order valence-corrected chi connectivity index (χ2v) is 6.29. The normalized spacial score (nSPS) is 12.5. The topological polar surface area (TPSA) is 90.7 Å². The van der Waals surface area contributed by atoms with Crippen LogP contribution < -0.4 is 10.1 Å². The molecule has 0 aliphatic carbocycles. The molecule has 0 aliphatic heterocycles. The number of non-ortho nitro benzene ring substituents is 1. The summed E-state index contributed by atoms with van der Waals surface area (Å²) < 4.78 is 10.9. The van der Waals surface area contributed by atoms with Crippen LogP contribution in [0.15, 0.2) is 36.4 Å². The summed E-state index contributed by atoms with van der Waals surface area (Å²) in [7, 11) is 0. The van der Waals surface area contributed by atoms with Gasteiger partial charge in [0.15, 0.2) is 6.23 Å². The molecule has 2 aromatic rings. The van der Waals surface area contributed by atoms with Crippen LogP contribution in [0.1, 0.15) is 27.7 Å². The molecule has 7 nitrogen and oxygen atoms in total. The number of carbonyl (C=O) groups is 1. The maximum Gasteiger partial charge on any atom is 0.410 e. The average molecular weight is 332 g/mol. The Hall–Kier alpha value is -2.83. The third kappa shape index (κ3) is 4.34. The third-order valence-electron chi connectivity index (χ3n) is 3.08. The molecule has 0 spiro atoms. The van der Waals surface area contributed by atoms with E-state index in [4.69, 9.17) is 9.47 Å². The molecular weight excluding hydrogens is 312 g/mol. The van der Waals surface area contributed by atoms with E-state index in [1.54, 1.807) is 52.0 Å². The Morgan fingerprint density at radius 3 is 2.38 bits per heavy atom. The summed E-state index contributed by atoms with van der Waals surface area (Å²) in [6.45, 7) is 6.95. The van der Waals surface area contributed by atoms with E-state index in [9.17, 15) is 14.9 Å². The fraction of sp³-hybridized carbons (Fsp3) is 0.353. The number of benzene rings is 2.